The molecule has 9 N–H and O–H groups in total. The van der Waals surface area contributed by atoms with E-state index in [0.717, 1.165) is 7.11 Å². The second-order valence-electron chi connectivity index (χ2n) is 0. The standard InChI is InChI=1S/CH4O.ClH.4H2O/c1-2;;;;;/h2H,1H3;1H;4*1H2. The van der Waals surface area contributed by atoms with Crippen LogP contribution in [-0.4, -0.2) is 34.1 Å². The molecule has 0 bridgehead atoms. The van der Waals surface area contributed by atoms with Crippen molar-refractivity contribution in [1.29, 1.82) is 0 Å². The average molecular weight is 141 g/mol. The van der Waals surface area contributed by atoms with Gasteiger partial charge in [0.05, 0.1) is 0 Å². The molecule has 0 aromatic rings. The summed E-state index contributed by atoms with van der Waals surface area (Å²) in [6.45, 7) is 0. The maximum Gasteiger partial charge on any atom is 0.0319 e. The summed E-state index contributed by atoms with van der Waals surface area (Å²) >= 11 is 0. The van der Waals surface area contributed by atoms with E-state index in [1.54, 1.807) is 0 Å². The highest BCUT2D eigenvalue weighted by Crippen LogP contribution is 0.755. The zero-order chi connectivity index (χ0) is 2.00. The fourth-order valence-electron chi connectivity index (χ4n) is 0. The van der Waals surface area contributed by atoms with E-state index in [0.29, 0.717) is 0 Å². The van der Waals surface area contributed by atoms with Crippen LogP contribution in [0.3, 0.4) is 0 Å². The van der Waals surface area contributed by atoms with Crippen molar-refractivity contribution in [3.05, 3.63) is 0 Å². The number of aliphatic hydroxyl groups is 1. The van der Waals surface area contributed by atoms with Gasteiger partial charge in [-0.15, -0.1) is 12.4 Å². The van der Waals surface area contributed by atoms with Crippen molar-refractivity contribution in [1.82, 2.24) is 0 Å². The molecule has 0 saturated carbocycles. The van der Waals surface area contributed by atoms with Gasteiger partial charge in [-0.25, -0.2) is 0 Å². The van der Waals surface area contributed by atoms with Gasteiger partial charge in [-0.05, 0) is 0 Å². The molecule has 0 radical (unpaired) electrons. The average Bonchev–Trinajstić information content (AvgIpc) is 1.00. The molecular weight excluding hydrogens is 127 g/mol. The molecule has 0 fully saturated rings. The summed E-state index contributed by atoms with van der Waals surface area (Å²) in [4.78, 5) is 0. The first kappa shape index (κ1) is 221. The number of rotatable bonds is 0. The van der Waals surface area contributed by atoms with Gasteiger partial charge in [0.15, 0.2) is 0 Å². The Morgan fingerprint density at radius 1 is 0.714 bits per heavy atom. The van der Waals surface area contributed by atoms with Gasteiger partial charge in [-0.2, -0.15) is 0 Å². The number of halogens is 1. The fraction of sp³-hybridized carbons (Fsp3) is 1.00. The Hall–Kier alpha value is 0.0900. The molecule has 54 valence electrons. The second-order valence-corrected chi connectivity index (χ2v) is 0. The molecule has 6 heteroatoms. The van der Waals surface area contributed by atoms with Crippen LogP contribution in [0.4, 0.5) is 0 Å². The normalized spacial score (nSPS) is 0.857. The minimum Gasteiger partial charge on any atom is -0.412 e. The van der Waals surface area contributed by atoms with Crippen molar-refractivity contribution in [3.8, 4) is 0 Å². The van der Waals surface area contributed by atoms with Gasteiger partial charge in [0.1, 0.15) is 0 Å². The fourth-order valence-corrected chi connectivity index (χ4v) is 0. The Morgan fingerprint density at radius 2 is 0.714 bits per heavy atom. The zero-order valence-corrected chi connectivity index (χ0v) is 4.67. The monoisotopic (exact) mass is 140 g/mol. The van der Waals surface area contributed by atoms with Crippen molar-refractivity contribution in [2.45, 2.75) is 0 Å². The summed E-state index contributed by atoms with van der Waals surface area (Å²) in [5.41, 5.74) is 0. The second kappa shape index (κ2) is 19500. The summed E-state index contributed by atoms with van der Waals surface area (Å²) in [5, 5.41) is 7.00. The van der Waals surface area contributed by atoms with Crippen molar-refractivity contribution < 1.29 is 27.0 Å². The molecule has 0 aliphatic heterocycles. The van der Waals surface area contributed by atoms with Crippen LogP contribution >= 0.6 is 12.4 Å². The molecule has 0 aromatic heterocycles. The van der Waals surface area contributed by atoms with E-state index in [1.807, 2.05) is 0 Å². The van der Waals surface area contributed by atoms with E-state index in [9.17, 15) is 0 Å². The topological polar surface area (TPSA) is 146 Å². The number of hydrogen-bond acceptors (Lipinski definition) is 1. The third-order valence-electron chi connectivity index (χ3n) is 0. The van der Waals surface area contributed by atoms with Crippen LogP contribution in [0.15, 0.2) is 0 Å². The van der Waals surface area contributed by atoms with Gasteiger partial charge < -0.3 is 27.0 Å². The maximum absolute atomic E-state index is 7.00. The Balaban J connectivity index is -0.000000000500. The summed E-state index contributed by atoms with van der Waals surface area (Å²) in [6.07, 6.45) is 0. The third-order valence-corrected chi connectivity index (χ3v) is 0. The summed E-state index contributed by atoms with van der Waals surface area (Å²) in [5.74, 6) is 0. The molecule has 0 atom stereocenters. The highest BCUT2D eigenvalue weighted by Gasteiger charge is 0.839. The van der Waals surface area contributed by atoms with Crippen LogP contribution in [0.25, 0.3) is 0 Å². The lowest BCUT2D eigenvalue weighted by atomic mass is 11.8. The quantitative estimate of drug-likeness (QED) is 0.370. The minimum atomic E-state index is 0. The molecule has 0 amide bonds. The largest absolute Gasteiger partial charge is 0.412 e. The molecule has 0 saturated heterocycles. The zero-order valence-electron chi connectivity index (χ0n) is 3.86. The minimum absolute atomic E-state index is 0. The van der Waals surface area contributed by atoms with Crippen LogP contribution < -0.4 is 0 Å². The number of aliphatic hydroxyl groups excluding tert-OH is 1. The van der Waals surface area contributed by atoms with Gasteiger partial charge in [-0.1, -0.05) is 0 Å². The van der Waals surface area contributed by atoms with Crippen LogP contribution in [0.2, 0.25) is 0 Å². The van der Waals surface area contributed by atoms with Gasteiger partial charge in [-0.3, -0.25) is 0 Å². The number of hydrogen-bond donors (Lipinski definition) is 1. The Kier molecular flexibility index (Phi) is 616000. The van der Waals surface area contributed by atoms with E-state index in [-0.39, 0.29) is 34.3 Å². The summed E-state index contributed by atoms with van der Waals surface area (Å²) < 4.78 is 0. The maximum atomic E-state index is 7.00. The molecule has 0 spiro atoms. The van der Waals surface area contributed by atoms with Crippen molar-refractivity contribution in [3.63, 3.8) is 0 Å². The van der Waals surface area contributed by atoms with Crippen molar-refractivity contribution >= 4 is 12.4 Å². The van der Waals surface area contributed by atoms with Crippen molar-refractivity contribution in [2.75, 3.05) is 7.11 Å². The van der Waals surface area contributed by atoms with Gasteiger partial charge in [0.2, 0.25) is 0 Å². The van der Waals surface area contributed by atoms with E-state index in [1.165, 1.54) is 0 Å². The third kappa shape index (κ3) is 12600. The molecular formula is CH13ClO5. The van der Waals surface area contributed by atoms with Gasteiger partial charge in [0, 0.05) is 7.11 Å². The highest BCUT2D eigenvalue weighted by molar-refractivity contribution is 5.85. The van der Waals surface area contributed by atoms with Gasteiger partial charge >= 0.3 is 0 Å². The molecule has 0 heterocycles. The summed E-state index contributed by atoms with van der Waals surface area (Å²) in [6, 6.07) is 0. The van der Waals surface area contributed by atoms with Crippen LogP contribution in [0.1, 0.15) is 0 Å². The van der Waals surface area contributed by atoms with E-state index in [4.69, 9.17) is 5.11 Å². The molecule has 0 rings (SSSR count). The van der Waals surface area contributed by atoms with Crippen LogP contribution in [-0.2, 0) is 0 Å². The predicted octanol–water partition coefficient (Wildman–Crippen LogP) is -3.27. The first-order valence-corrected chi connectivity index (χ1v) is 0.447. The van der Waals surface area contributed by atoms with Crippen LogP contribution in [0.5, 0.6) is 0 Å². The molecule has 5 nitrogen and oxygen atoms in total. The van der Waals surface area contributed by atoms with Gasteiger partial charge in [0.25, 0.3) is 0 Å². The van der Waals surface area contributed by atoms with E-state index >= 15 is 0 Å². The van der Waals surface area contributed by atoms with E-state index in [2.05, 4.69) is 0 Å². The lowest BCUT2D eigenvalue weighted by molar-refractivity contribution is 0.399. The van der Waals surface area contributed by atoms with Crippen molar-refractivity contribution in [2.24, 2.45) is 0 Å². The SMILES string of the molecule is CO.Cl.O.O.O.O. The Morgan fingerprint density at radius 3 is 0.714 bits per heavy atom. The molecule has 0 unspecified atom stereocenters. The predicted molar refractivity (Wildman–Crippen MR) is 29.8 cm³/mol. The lowest BCUT2D eigenvalue weighted by Gasteiger charge is -1.21. The summed E-state index contributed by atoms with van der Waals surface area (Å²) in [7, 11) is 1.00. The Bertz CT molecular complexity index is 8.04. The smallest absolute Gasteiger partial charge is 0.0319 e. The molecule has 0 aliphatic rings. The van der Waals surface area contributed by atoms with E-state index < -0.39 is 0 Å². The molecule has 0 aliphatic carbocycles. The molecule has 7 heavy (non-hydrogen) atoms. The molecule has 0 aromatic carbocycles. The Labute approximate surface area is 47.6 Å². The first-order valence-electron chi connectivity index (χ1n) is 0.447. The van der Waals surface area contributed by atoms with Crippen LogP contribution in [0, 0.1) is 0 Å². The first-order chi connectivity index (χ1) is 1.00. The highest BCUT2D eigenvalue weighted by atomic mass is 35.5. The lowest BCUT2D eigenvalue weighted by Crippen LogP contribution is -1.25.